The van der Waals surface area contributed by atoms with Crippen LogP contribution >= 0.6 is 15.9 Å². The first-order chi connectivity index (χ1) is 8.78. The predicted octanol–water partition coefficient (Wildman–Crippen LogP) is 2.51. The maximum Gasteiger partial charge on any atom is 0.228 e. The van der Waals surface area contributed by atoms with Gasteiger partial charge in [0.2, 0.25) is 5.95 Å². The molecule has 0 aliphatic carbocycles. The summed E-state index contributed by atoms with van der Waals surface area (Å²) < 4.78 is 15.0. The molecule has 0 unspecified atom stereocenters. The number of hydrogen-bond donors (Lipinski definition) is 0. The maximum atomic E-state index is 13.3. The standard InChI is InChI=1S/C12H12BrFN4/c13-8-11-15-12(17-5-2-6-17)18(16-11)10-4-1-3-9(14)7-10/h1,3-4,7H,2,5-6,8H2. The van der Waals surface area contributed by atoms with E-state index < -0.39 is 0 Å². The number of aromatic nitrogens is 3. The minimum absolute atomic E-state index is 0.266. The Morgan fingerprint density at radius 1 is 1.33 bits per heavy atom. The average molecular weight is 311 g/mol. The lowest BCUT2D eigenvalue weighted by Crippen LogP contribution is -2.39. The molecule has 0 amide bonds. The Balaban J connectivity index is 2.06. The van der Waals surface area contributed by atoms with E-state index in [9.17, 15) is 4.39 Å². The smallest absolute Gasteiger partial charge is 0.228 e. The summed E-state index contributed by atoms with van der Waals surface area (Å²) in [5.41, 5.74) is 0.705. The largest absolute Gasteiger partial charge is 0.341 e. The number of hydrogen-bond acceptors (Lipinski definition) is 3. The fraction of sp³-hybridized carbons (Fsp3) is 0.333. The Kier molecular flexibility index (Phi) is 3.03. The van der Waals surface area contributed by atoms with Crippen LogP contribution in [0.4, 0.5) is 10.3 Å². The van der Waals surface area contributed by atoms with Gasteiger partial charge in [0.25, 0.3) is 0 Å². The van der Waals surface area contributed by atoms with Crippen molar-refractivity contribution in [3.63, 3.8) is 0 Å². The quantitative estimate of drug-likeness (QED) is 0.817. The second kappa shape index (κ2) is 4.68. The van der Waals surface area contributed by atoms with Crippen LogP contribution in [0, 0.1) is 5.82 Å². The predicted molar refractivity (Wildman–Crippen MR) is 70.8 cm³/mol. The molecule has 0 atom stereocenters. The molecule has 2 heterocycles. The van der Waals surface area contributed by atoms with Gasteiger partial charge < -0.3 is 4.90 Å². The molecule has 0 saturated carbocycles. The fourth-order valence-electron chi connectivity index (χ4n) is 1.90. The van der Waals surface area contributed by atoms with Crippen LogP contribution in [0.2, 0.25) is 0 Å². The molecule has 1 saturated heterocycles. The zero-order valence-electron chi connectivity index (χ0n) is 9.68. The molecule has 6 heteroatoms. The van der Waals surface area contributed by atoms with E-state index in [0.717, 1.165) is 19.0 Å². The third kappa shape index (κ3) is 2.01. The Morgan fingerprint density at radius 2 is 2.17 bits per heavy atom. The van der Waals surface area contributed by atoms with Gasteiger partial charge in [-0.15, -0.1) is 5.10 Å². The highest BCUT2D eigenvalue weighted by Gasteiger charge is 2.22. The number of benzene rings is 1. The third-order valence-corrected chi connectivity index (χ3v) is 3.45. The molecule has 18 heavy (non-hydrogen) atoms. The van der Waals surface area contributed by atoms with Crippen molar-refractivity contribution in [3.05, 3.63) is 35.9 Å². The summed E-state index contributed by atoms with van der Waals surface area (Å²) in [7, 11) is 0. The average Bonchev–Trinajstić information content (AvgIpc) is 2.71. The summed E-state index contributed by atoms with van der Waals surface area (Å²) in [6.45, 7) is 1.96. The summed E-state index contributed by atoms with van der Waals surface area (Å²) in [4.78, 5) is 6.61. The van der Waals surface area contributed by atoms with Gasteiger partial charge in [-0.3, -0.25) is 0 Å². The molecule has 3 rings (SSSR count). The number of rotatable bonds is 3. The van der Waals surface area contributed by atoms with Crippen LogP contribution in [-0.2, 0) is 5.33 Å². The molecule has 94 valence electrons. The van der Waals surface area contributed by atoms with Gasteiger partial charge in [-0.1, -0.05) is 22.0 Å². The first-order valence-corrected chi connectivity index (χ1v) is 6.93. The van der Waals surface area contributed by atoms with E-state index in [2.05, 4.69) is 30.9 Å². The van der Waals surface area contributed by atoms with Crippen LogP contribution in [0.3, 0.4) is 0 Å². The van der Waals surface area contributed by atoms with Crippen LogP contribution in [0.1, 0.15) is 12.2 Å². The number of nitrogens with zero attached hydrogens (tertiary/aromatic N) is 4. The summed E-state index contributed by atoms with van der Waals surface area (Å²) in [5, 5.41) is 4.99. The van der Waals surface area contributed by atoms with Gasteiger partial charge in [-0.05, 0) is 24.6 Å². The monoisotopic (exact) mass is 310 g/mol. The minimum Gasteiger partial charge on any atom is -0.341 e. The van der Waals surface area contributed by atoms with Gasteiger partial charge in [0.15, 0.2) is 5.82 Å². The number of halogens is 2. The van der Waals surface area contributed by atoms with Crippen molar-refractivity contribution in [2.24, 2.45) is 0 Å². The Morgan fingerprint density at radius 3 is 2.78 bits per heavy atom. The molecule has 1 aliphatic heterocycles. The lowest BCUT2D eigenvalue weighted by Gasteiger charge is -2.31. The van der Waals surface area contributed by atoms with Crippen molar-refractivity contribution in [1.82, 2.24) is 14.8 Å². The molecule has 1 aromatic carbocycles. The second-order valence-electron chi connectivity index (χ2n) is 4.19. The van der Waals surface area contributed by atoms with Crippen LogP contribution in [-0.4, -0.2) is 27.9 Å². The van der Waals surface area contributed by atoms with Crippen LogP contribution in [0.5, 0.6) is 0 Å². The molecule has 4 nitrogen and oxygen atoms in total. The highest BCUT2D eigenvalue weighted by atomic mass is 79.9. The van der Waals surface area contributed by atoms with E-state index in [1.165, 1.54) is 18.6 Å². The molecular weight excluding hydrogens is 299 g/mol. The second-order valence-corrected chi connectivity index (χ2v) is 4.75. The summed E-state index contributed by atoms with van der Waals surface area (Å²) in [6.07, 6.45) is 1.17. The highest BCUT2D eigenvalue weighted by Crippen LogP contribution is 2.23. The van der Waals surface area contributed by atoms with Gasteiger partial charge in [0.1, 0.15) is 5.82 Å². The highest BCUT2D eigenvalue weighted by molar-refractivity contribution is 9.08. The van der Waals surface area contributed by atoms with E-state index in [0.29, 0.717) is 16.8 Å². The molecule has 1 fully saturated rings. The molecule has 0 spiro atoms. The number of anilines is 1. The molecule has 2 aromatic rings. The molecule has 0 radical (unpaired) electrons. The Hall–Kier alpha value is -1.43. The topological polar surface area (TPSA) is 34.0 Å². The van der Waals surface area contributed by atoms with Gasteiger partial charge in [0.05, 0.1) is 11.0 Å². The summed E-state index contributed by atoms with van der Waals surface area (Å²) >= 11 is 3.35. The van der Waals surface area contributed by atoms with E-state index in [-0.39, 0.29) is 5.82 Å². The molecule has 1 aromatic heterocycles. The zero-order valence-corrected chi connectivity index (χ0v) is 11.3. The van der Waals surface area contributed by atoms with E-state index in [4.69, 9.17) is 0 Å². The van der Waals surface area contributed by atoms with Crippen LogP contribution in [0.25, 0.3) is 5.69 Å². The molecule has 0 N–H and O–H groups in total. The van der Waals surface area contributed by atoms with Gasteiger partial charge in [-0.2, -0.15) is 9.67 Å². The first-order valence-electron chi connectivity index (χ1n) is 5.81. The third-order valence-electron chi connectivity index (χ3n) is 2.95. The normalized spacial score (nSPS) is 14.7. The Bertz CT molecular complexity index is 565. The fourth-order valence-corrected chi connectivity index (χ4v) is 2.14. The first kappa shape index (κ1) is 11.6. The van der Waals surface area contributed by atoms with Crippen LogP contribution in [0.15, 0.2) is 24.3 Å². The SMILES string of the molecule is Fc1cccc(-n2nc(CBr)nc2N2CCC2)c1. The lowest BCUT2D eigenvalue weighted by molar-refractivity contribution is 0.589. The van der Waals surface area contributed by atoms with Gasteiger partial charge in [-0.25, -0.2) is 4.39 Å². The van der Waals surface area contributed by atoms with E-state index >= 15 is 0 Å². The van der Waals surface area contributed by atoms with Crippen molar-refractivity contribution < 1.29 is 4.39 Å². The Labute approximate surface area is 113 Å². The van der Waals surface area contributed by atoms with E-state index in [1.54, 1.807) is 10.7 Å². The number of alkyl halides is 1. The summed E-state index contributed by atoms with van der Waals surface area (Å²) in [6, 6.07) is 6.41. The minimum atomic E-state index is -0.266. The van der Waals surface area contributed by atoms with Crippen LogP contribution < -0.4 is 4.90 Å². The maximum absolute atomic E-state index is 13.3. The van der Waals surface area contributed by atoms with Crippen molar-refractivity contribution in [2.75, 3.05) is 18.0 Å². The lowest BCUT2D eigenvalue weighted by atomic mass is 10.2. The van der Waals surface area contributed by atoms with Crippen molar-refractivity contribution in [1.29, 1.82) is 0 Å². The van der Waals surface area contributed by atoms with Crippen molar-refractivity contribution in [3.8, 4) is 5.69 Å². The molecule has 0 bridgehead atoms. The van der Waals surface area contributed by atoms with Gasteiger partial charge >= 0.3 is 0 Å². The van der Waals surface area contributed by atoms with Gasteiger partial charge in [0, 0.05) is 13.1 Å². The molecular formula is C12H12BrFN4. The van der Waals surface area contributed by atoms with E-state index in [1.807, 2.05) is 6.07 Å². The zero-order chi connectivity index (χ0) is 12.5. The van der Waals surface area contributed by atoms with Crippen molar-refractivity contribution >= 4 is 21.9 Å². The summed E-state index contributed by atoms with van der Waals surface area (Å²) in [5.74, 6) is 1.24. The molecule has 1 aliphatic rings. The van der Waals surface area contributed by atoms with Crippen molar-refractivity contribution in [2.45, 2.75) is 11.8 Å².